The van der Waals surface area contributed by atoms with Crippen molar-refractivity contribution in [1.82, 2.24) is 15.6 Å². The number of alkyl halides is 3. The molecule has 0 aliphatic heterocycles. The number of likely N-dealkylation sites (N-methyl/N-ethyl adjacent to an activating group) is 1. The lowest BCUT2D eigenvalue weighted by atomic mass is 9.98. The quantitative estimate of drug-likeness (QED) is 0.445. The first-order chi connectivity index (χ1) is 15.8. The number of aryl methyl sites for hydroxylation is 2. The number of halogens is 3. The average Bonchev–Trinajstić information content (AvgIpc) is 2.81. The summed E-state index contributed by atoms with van der Waals surface area (Å²) in [6.07, 6.45) is -2.33. The normalized spacial score (nSPS) is 13.4. The highest BCUT2D eigenvalue weighted by Gasteiger charge is 2.30. The van der Waals surface area contributed by atoms with Gasteiger partial charge in [0.1, 0.15) is 6.04 Å². The van der Waals surface area contributed by atoms with Gasteiger partial charge in [0.25, 0.3) is 0 Å². The van der Waals surface area contributed by atoms with E-state index in [0.717, 1.165) is 34.6 Å². The van der Waals surface area contributed by atoms with Crippen molar-refractivity contribution in [3.8, 4) is 0 Å². The van der Waals surface area contributed by atoms with E-state index >= 15 is 0 Å². The zero-order valence-corrected chi connectivity index (χ0v) is 18.7. The molecule has 0 bridgehead atoms. The Morgan fingerprint density at radius 1 is 0.970 bits per heavy atom. The maximum absolute atomic E-state index is 12.8. The minimum atomic E-state index is -4.34. The molecule has 1 amide bonds. The second-order valence-electron chi connectivity index (χ2n) is 7.97. The van der Waals surface area contributed by atoms with Gasteiger partial charge in [-0.25, -0.2) is 0 Å². The molecule has 2 N–H and O–H groups in total. The zero-order valence-electron chi connectivity index (χ0n) is 18.7. The highest BCUT2D eigenvalue weighted by atomic mass is 19.4. The second-order valence-corrected chi connectivity index (χ2v) is 7.97. The summed E-state index contributed by atoms with van der Waals surface area (Å²) in [4.78, 5) is 17.3. The highest BCUT2D eigenvalue weighted by Crippen LogP contribution is 2.29. The van der Waals surface area contributed by atoms with Crippen molar-refractivity contribution in [1.29, 1.82) is 0 Å². The lowest BCUT2D eigenvalue weighted by molar-refractivity contribution is -0.137. The molecule has 2 aromatic carbocycles. The van der Waals surface area contributed by atoms with E-state index in [1.165, 1.54) is 12.1 Å². The topological polar surface area (TPSA) is 54.0 Å². The summed E-state index contributed by atoms with van der Waals surface area (Å²) in [5.74, 6) is -0.151. The molecule has 0 aliphatic rings. The Morgan fingerprint density at radius 3 is 2.27 bits per heavy atom. The van der Waals surface area contributed by atoms with Crippen LogP contribution in [0.1, 0.15) is 53.0 Å². The first-order valence-electron chi connectivity index (χ1n) is 10.9. The fourth-order valence-electron chi connectivity index (χ4n) is 3.76. The molecule has 3 rings (SSSR count). The number of nitrogens with one attached hydrogen (secondary N) is 2. The van der Waals surface area contributed by atoms with Crippen LogP contribution in [0.25, 0.3) is 0 Å². The van der Waals surface area contributed by atoms with Crippen LogP contribution < -0.4 is 10.6 Å². The summed E-state index contributed by atoms with van der Waals surface area (Å²) in [5.41, 5.74) is 2.73. The van der Waals surface area contributed by atoms with Crippen molar-refractivity contribution in [3.05, 3.63) is 101 Å². The van der Waals surface area contributed by atoms with Crippen molar-refractivity contribution in [2.45, 2.75) is 44.4 Å². The van der Waals surface area contributed by atoms with Gasteiger partial charge in [-0.05, 0) is 61.6 Å². The lowest BCUT2D eigenvalue weighted by Crippen LogP contribution is -2.38. The zero-order chi connectivity index (χ0) is 23.8. The van der Waals surface area contributed by atoms with E-state index in [1.807, 2.05) is 55.5 Å². The molecular formula is C26H28F3N3O. The van der Waals surface area contributed by atoms with Crippen molar-refractivity contribution in [2.75, 3.05) is 7.05 Å². The Labute approximate surface area is 192 Å². The monoisotopic (exact) mass is 455 g/mol. The number of hydrogen-bond donors (Lipinski definition) is 2. The van der Waals surface area contributed by atoms with Gasteiger partial charge in [0.2, 0.25) is 5.91 Å². The van der Waals surface area contributed by atoms with Crippen molar-refractivity contribution >= 4 is 5.91 Å². The minimum absolute atomic E-state index is 0.151. The molecule has 2 atom stereocenters. The van der Waals surface area contributed by atoms with Gasteiger partial charge in [0.15, 0.2) is 0 Å². The standard InChI is InChI=1S/C26H28F3N3O/c1-18-8-6-12-22(31-18)23(32-24(25(33)30-2)20-10-4-3-5-11-20)13-7-9-19-14-16-21(17-15-19)26(27,28)29/h3-6,8,10-12,14-17,23-24,32H,7,9,13H2,1-2H3,(H,30,33)/t23-,24+/m0/s1. The SMILES string of the molecule is CNC(=O)[C@H](N[C@@H](CCCc1ccc(C(F)(F)F)cc1)c1cccc(C)n1)c1ccccc1. The molecule has 1 heterocycles. The Balaban J connectivity index is 1.76. The summed E-state index contributed by atoms with van der Waals surface area (Å²) in [5, 5.41) is 6.17. The number of aromatic nitrogens is 1. The molecule has 3 aromatic rings. The van der Waals surface area contributed by atoms with Crippen LogP contribution in [0.5, 0.6) is 0 Å². The first kappa shape index (κ1) is 24.5. The molecule has 0 radical (unpaired) electrons. The molecule has 0 aliphatic carbocycles. The number of nitrogens with zero attached hydrogens (tertiary/aromatic N) is 1. The van der Waals surface area contributed by atoms with Gasteiger partial charge in [0, 0.05) is 12.7 Å². The number of carbonyl (C=O) groups is 1. The minimum Gasteiger partial charge on any atom is -0.358 e. The molecule has 0 fully saturated rings. The van der Waals surface area contributed by atoms with Gasteiger partial charge >= 0.3 is 6.18 Å². The van der Waals surface area contributed by atoms with Crippen LogP contribution in [-0.2, 0) is 17.4 Å². The van der Waals surface area contributed by atoms with Gasteiger partial charge in [-0.3, -0.25) is 15.1 Å². The predicted molar refractivity (Wildman–Crippen MR) is 122 cm³/mol. The van der Waals surface area contributed by atoms with E-state index in [9.17, 15) is 18.0 Å². The number of pyridine rings is 1. The van der Waals surface area contributed by atoms with Crippen molar-refractivity contribution < 1.29 is 18.0 Å². The van der Waals surface area contributed by atoms with Crippen LogP contribution >= 0.6 is 0 Å². The Kier molecular flexibility index (Phi) is 8.22. The number of rotatable bonds is 9. The Bertz CT molecular complexity index is 1040. The van der Waals surface area contributed by atoms with E-state index in [1.54, 1.807) is 7.05 Å². The maximum atomic E-state index is 12.8. The van der Waals surface area contributed by atoms with Crippen molar-refractivity contribution in [3.63, 3.8) is 0 Å². The third-order valence-corrected chi connectivity index (χ3v) is 5.52. The Morgan fingerprint density at radius 2 is 1.67 bits per heavy atom. The van der Waals surface area contributed by atoms with Crippen LogP contribution in [-0.4, -0.2) is 17.9 Å². The fraction of sp³-hybridized carbons (Fsp3) is 0.308. The summed E-state index contributed by atoms with van der Waals surface area (Å²) < 4.78 is 38.4. The van der Waals surface area contributed by atoms with E-state index < -0.39 is 17.8 Å². The van der Waals surface area contributed by atoms with E-state index in [4.69, 9.17) is 0 Å². The number of carbonyl (C=O) groups excluding carboxylic acids is 1. The van der Waals surface area contributed by atoms with Crippen LogP contribution in [0.2, 0.25) is 0 Å². The highest BCUT2D eigenvalue weighted by molar-refractivity contribution is 5.82. The summed E-state index contributed by atoms with van der Waals surface area (Å²) in [6.45, 7) is 1.91. The largest absolute Gasteiger partial charge is 0.416 e. The van der Waals surface area contributed by atoms with Crippen LogP contribution in [0.4, 0.5) is 13.2 Å². The van der Waals surface area contributed by atoms with Gasteiger partial charge in [-0.2, -0.15) is 13.2 Å². The third kappa shape index (κ3) is 6.89. The second kappa shape index (κ2) is 11.1. The molecule has 0 saturated heterocycles. The first-order valence-corrected chi connectivity index (χ1v) is 10.9. The predicted octanol–water partition coefficient (Wildman–Crippen LogP) is 5.55. The van der Waals surface area contributed by atoms with Crippen LogP contribution in [0, 0.1) is 6.92 Å². The van der Waals surface area contributed by atoms with Gasteiger partial charge in [-0.15, -0.1) is 0 Å². The molecule has 0 saturated carbocycles. The van der Waals surface area contributed by atoms with E-state index in [2.05, 4.69) is 15.6 Å². The van der Waals surface area contributed by atoms with Crippen LogP contribution in [0.3, 0.4) is 0 Å². The Hall–Kier alpha value is -3.19. The third-order valence-electron chi connectivity index (χ3n) is 5.52. The fourth-order valence-corrected chi connectivity index (χ4v) is 3.76. The molecule has 0 spiro atoms. The molecule has 1 aromatic heterocycles. The van der Waals surface area contributed by atoms with Crippen LogP contribution in [0.15, 0.2) is 72.8 Å². The molecule has 7 heteroatoms. The molecule has 4 nitrogen and oxygen atoms in total. The molecular weight excluding hydrogens is 427 g/mol. The van der Waals surface area contributed by atoms with Gasteiger partial charge in [0.05, 0.1) is 17.3 Å². The lowest BCUT2D eigenvalue weighted by Gasteiger charge is -2.25. The number of benzene rings is 2. The molecule has 174 valence electrons. The molecule has 33 heavy (non-hydrogen) atoms. The summed E-state index contributed by atoms with van der Waals surface area (Å²) in [6, 6.07) is 19.7. The van der Waals surface area contributed by atoms with Gasteiger partial charge < -0.3 is 5.32 Å². The average molecular weight is 456 g/mol. The number of amides is 1. The van der Waals surface area contributed by atoms with E-state index in [0.29, 0.717) is 19.3 Å². The summed E-state index contributed by atoms with van der Waals surface area (Å²) in [7, 11) is 1.60. The van der Waals surface area contributed by atoms with Crippen molar-refractivity contribution in [2.24, 2.45) is 0 Å². The maximum Gasteiger partial charge on any atom is 0.416 e. The van der Waals surface area contributed by atoms with E-state index in [-0.39, 0.29) is 11.9 Å². The smallest absolute Gasteiger partial charge is 0.358 e. The number of hydrogen-bond acceptors (Lipinski definition) is 3. The summed E-state index contributed by atoms with van der Waals surface area (Å²) >= 11 is 0. The molecule has 0 unspecified atom stereocenters. The van der Waals surface area contributed by atoms with Gasteiger partial charge in [-0.1, -0.05) is 48.5 Å².